The summed E-state index contributed by atoms with van der Waals surface area (Å²) in [7, 11) is -7.86. The molecule has 0 saturated heterocycles. The molecule has 282 valence electrons. The van der Waals surface area contributed by atoms with E-state index in [2.05, 4.69) is 33.5 Å². The van der Waals surface area contributed by atoms with Gasteiger partial charge in [0.25, 0.3) is 6.01 Å². The molecule has 0 atom stereocenters. The van der Waals surface area contributed by atoms with Gasteiger partial charge in [0.15, 0.2) is 25.4 Å². The van der Waals surface area contributed by atoms with Crippen molar-refractivity contribution in [2.75, 3.05) is 36.7 Å². The van der Waals surface area contributed by atoms with Gasteiger partial charge in [-0.25, -0.2) is 26.6 Å². The fourth-order valence-electron chi connectivity index (χ4n) is 6.91. The third-order valence-electron chi connectivity index (χ3n) is 9.22. The first-order valence-electron chi connectivity index (χ1n) is 17.4. The topological polar surface area (TPSA) is 189 Å². The number of fused-ring (bicyclic) bond motifs is 1. The number of carboxylic acid groups (broad SMARTS) is 1. The van der Waals surface area contributed by atoms with Crippen molar-refractivity contribution in [3.8, 4) is 22.6 Å². The zero-order chi connectivity index (χ0) is 38.8. The van der Waals surface area contributed by atoms with Gasteiger partial charge in [0.1, 0.15) is 4.90 Å². The third kappa shape index (κ3) is 8.61. The van der Waals surface area contributed by atoms with Crippen molar-refractivity contribution in [1.29, 1.82) is 0 Å². The number of aromatic nitrogens is 2. The summed E-state index contributed by atoms with van der Waals surface area (Å²) in [5.41, 5.74) is 13.7. The van der Waals surface area contributed by atoms with E-state index >= 15 is 0 Å². The number of anilines is 3. The predicted molar refractivity (Wildman–Crippen MR) is 212 cm³/mol. The Kier molecular flexibility index (Phi) is 10.9. The molecule has 1 amide bonds. The molecular formula is C40H43N5O7S2. The molecule has 0 bridgehead atoms. The number of aromatic amines is 1. The minimum atomic E-state index is -3.93. The van der Waals surface area contributed by atoms with Gasteiger partial charge >= 0.3 is 6.09 Å². The molecule has 6 aromatic rings. The zero-order valence-electron chi connectivity index (χ0n) is 30.5. The molecule has 0 aliphatic heterocycles. The summed E-state index contributed by atoms with van der Waals surface area (Å²) in [6, 6.07) is 25.2. The molecule has 0 unspecified atom stereocenters. The van der Waals surface area contributed by atoms with E-state index in [1.807, 2.05) is 62.4 Å². The van der Waals surface area contributed by atoms with Gasteiger partial charge in [0.05, 0.1) is 16.8 Å². The number of amides is 1. The Morgan fingerprint density at radius 3 is 2.22 bits per heavy atom. The van der Waals surface area contributed by atoms with Gasteiger partial charge in [-0.15, -0.1) is 0 Å². The number of sulfone groups is 2. The van der Waals surface area contributed by atoms with E-state index in [9.17, 15) is 26.7 Å². The lowest BCUT2D eigenvalue weighted by Crippen LogP contribution is -2.32. The predicted octanol–water partition coefficient (Wildman–Crippen LogP) is 7.78. The number of nitrogens with two attached hydrogens (primary N) is 1. The normalized spacial score (nSPS) is 11.9. The molecular weight excluding hydrogens is 727 g/mol. The van der Waals surface area contributed by atoms with Gasteiger partial charge < -0.3 is 30.5 Å². The minimum absolute atomic E-state index is 0.131. The first-order valence-corrected chi connectivity index (χ1v) is 21.2. The van der Waals surface area contributed by atoms with E-state index in [-0.39, 0.29) is 30.1 Å². The summed E-state index contributed by atoms with van der Waals surface area (Å²) >= 11 is 0. The van der Waals surface area contributed by atoms with Crippen LogP contribution in [0.4, 0.5) is 22.2 Å². The number of nitrogens with zero attached hydrogens (tertiary/aromatic N) is 2. The van der Waals surface area contributed by atoms with Crippen molar-refractivity contribution in [3.63, 3.8) is 0 Å². The van der Waals surface area contributed by atoms with E-state index < -0.39 is 30.7 Å². The summed E-state index contributed by atoms with van der Waals surface area (Å²) in [4.78, 5) is 21.1. The highest BCUT2D eigenvalue weighted by Gasteiger charge is 2.27. The van der Waals surface area contributed by atoms with E-state index in [1.165, 1.54) is 17.0 Å². The molecule has 0 fully saturated rings. The summed E-state index contributed by atoms with van der Waals surface area (Å²) in [5, 5.41) is 14.4. The SMILES string of the molecule is Cc1cc(C)cc(-c2[nH]c3ccc(Nc4ncc(-c5ccccc5)o4)cc3c2CCN(CCCCc2ccc(N)c(S(C)(=O)=O)c2S(C)(=O)=O)C(=O)O)c1. The average molecular weight is 770 g/mol. The average Bonchev–Trinajstić information content (AvgIpc) is 3.71. The molecule has 12 nitrogen and oxygen atoms in total. The van der Waals surface area contributed by atoms with E-state index in [1.54, 1.807) is 6.20 Å². The molecule has 4 aromatic carbocycles. The first kappa shape index (κ1) is 38.1. The number of rotatable bonds is 14. The van der Waals surface area contributed by atoms with Crippen molar-refractivity contribution < 1.29 is 31.2 Å². The molecule has 2 aromatic heterocycles. The number of oxazole rings is 1. The van der Waals surface area contributed by atoms with Crippen LogP contribution in [0.2, 0.25) is 0 Å². The highest BCUT2D eigenvalue weighted by atomic mass is 32.2. The van der Waals surface area contributed by atoms with Crippen LogP contribution in [-0.4, -0.2) is 68.5 Å². The van der Waals surface area contributed by atoms with Crippen LogP contribution < -0.4 is 11.1 Å². The Labute approximate surface area is 314 Å². The highest BCUT2D eigenvalue weighted by molar-refractivity contribution is 7.94. The lowest BCUT2D eigenvalue weighted by Gasteiger charge is -2.20. The van der Waals surface area contributed by atoms with Gasteiger partial charge in [0, 0.05) is 53.4 Å². The second-order valence-corrected chi connectivity index (χ2v) is 17.5. The van der Waals surface area contributed by atoms with Gasteiger partial charge in [-0.2, -0.15) is 0 Å². The molecule has 5 N–H and O–H groups in total. The number of carbonyl (C=O) groups is 1. The number of nitrogens with one attached hydrogen (secondary N) is 2. The van der Waals surface area contributed by atoms with Gasteiger partial charge in [-0.05, 0) is 92.6 Å². The van der Waals surface area contributed by atoms with Crippen LogP contribution in [-0.2, 0) is 32.5 Å². The number of aryl methyl sites for hydroxylation is 3. The third-order valence-corrected chi connectivity index (χ3v) is 11.7. The molecule has 0 radical (unpaired) electrons. The quantitative estimate of drug-likeness (QED) is 0.0629. The molecule has 0 aliphatic rings. The Morgan fingerprint density at radius 1 is 0.852 bits per heavy atom. The molecule has 54 heavy (non-hydrogen) atoms. The number of unbranched alkanes of at least 4 members (excludes halogenated alkanes) is 1. The number of hydrogen-bond donors (Lipinski definition) is 4. The smallest absolute Gasteiger partial charge is 0.407 e. The molecule has 14 heteroatoms. The fourth-order valence-corrected chi connectivity index (χ4v) is 9.89. The second-order valence-electron chi connectivity index (χ2n) is 13.6. The number of H-pyrrole nitrogens is 1. The molecule has 0 saturated carbocycles. The maximum Gasteiger partial charge on any atom is 0.407 e. The maximum atomic E-state index is 12.7. The number of nitrogen functional groups attached to an aromatic ring is 1. The van der Waals surface area contributed by atoms with Crippen molar-refractivity contribution in [3.05, 3.63) is 107 Å². The Hall–Kier alpha value is -5.60. The van der Waals surface area contributed by atoms with Crippen LogP contribution in [0.5, 0.6) is 0 Å². The van der Waals surface area contributed by atoms with Crippen LogP contribution in [0.1, 0.15) is 35.1 Å². The van der Waals surface area contributed by atoms with Crippen LogP contribution in [0, 0.1) is 13.8 Å². The van der Waals surface area contributed by atoms with E-state index in [4.69, 9.17) is 10.2 Å². The van der Waals surface area contributed by atoms with Crippen LogP contribution in [0.3, 0.4) is 0 Å². The summed E-state index contributed by atoms with van der Waals surface area (Å²) in [6.07, 6.45) is 3.95. The molecule has 2 heterocycles. The van der Waals surface area contributed by atoms with Gasteiger partial charge in [-0.3, -0.25) is 0 Å². The Balaban J connectivity index is 1.23. The van der Waals surface area contributed by atoms with E-state index in [0.717, 1.165) is 62.6 Å². The van der Waals surface area contributed by atoms with Gasteiger partial charge in [-0.1, -0.05) is 53.6 Å². The summed E-state index contributed by atoms with van der Waals surface area (Å²) in [6.45, 7) is 4.47. The van der Waals surface area contributed by atoms with Crippen molar-refractivity contribution in [2.24, 2.45) is 0 Å². The van der Waals surface area contributed by atoms with Crippen molar-refractivity contribution >= 4 is 54.1 Å². The Morgan fingerprint density at radius 2 is 1.56 bits per heavy atom. The van der Waals surface area contributed by atoms with Crippen LogP contribution in [0.25, 0.3) is 33.5 Å². The molecule has 0 aliphatic carbocycles. The second kappa shape index (κ2) is 15.4. The summed E-state index contributed by atoms with van der Waals surface area (Å²) < 4.78 is 56.4. The molecule has 0 spiro atoms. The van der Waals surface area contributed by atoms with Crippen LogP contribution >= 0.6 is 0 Å². The van der Waals surface area contributed by atoms with Crippen molar-refractivity contribution in [2.45, 2.75) is 49.3 Å². The monoisotopic (exact) mass is 769 g/mol. The summed E-state index contributed by atoms with van der Waals surface area (Å²) in [5.74, 6) is 0.635. The van der Waals surface area contributed by atoms with E-state index in [0.29, 0.717) is 36.6 Å². The fraction of sp³-hybridized carbons (Fsp3) is 0.250. The number of benzene rings is 4. The van der Waals surface area contributed by atoms with Crippen molar-refractivity contribution in [1.82, 2.24) is 14.9 Å². The maximum absolute atomic E-state index is 12.7. The zero-order valence-corrected chi connectivity index (χ0v) is 32.1. The standard InChI is InChI=1S/C40H43N5O7S2/c1-25-20-26(2)22-29(21-25)36-31(32-23-30(14-16-34(32)44-36)43-39-42-24-35(52-39)27-10-6-5-7-11-27)17-19-45(40(46)47)18-9-8-12-28-13-15-33(41)38(54(4,50)51)37(28)53(3,48)49/h5-7,10-11,13-16,20-24,44H,8-9,12,17-19,41H2,1-4H3,(H,42,43)(H,46,47). The van der Waals surface area contributed by atoms with Crippen LogP contribution in [0.15, 0.2) is 99.3 Å². The molecule has 6 rings (SSSR count). The largest absolute Gasteiger partial charge is 0.465 e. The Bertz CT molecular complexity index is 2540. The lowest BCUT2D eigenvalue weighted by molar-refractivity contribution is 0.145. The minimum Gasteiger partial charge on any atom is -0.465 e. The first-order chi connectivity index (χ1) is 25.6. The number of hydrogen-bond acceptors (Lipinski definition) is 9. The highest BCUT2D eigenvalue weighted by Crippen LogP contribution is 2.35. The lowest BCUT2D eigenvalue weighted by atomic mass is 9.99. The van der Waals surface area contributed by atoms with Gasteiger partial charge in [0.2, 0.25) is 0 Å².